The van der Waals surface area contributed by atoms with Crippen LogP contribution in [0, 0.1) is 12.8 Å². The molecule has 3 aliphatic rings. The zero-order valence-corrected chi connectivity index (χ0v) is 17.8. The summed E-state index contributed by atoms with van der Waals surface area (Å²) in [4.78, 5) is 27.3. The normalized spacial score (nSPS) is 27.6. The molecule has 0 N–H and O–H groups in total. The molecule has 0 unspecified atom stereocenters. The van der Waals surface area contributed by atoms with Gasteiger partial charge in [0.15, 0.2) is 0 Å². The number of benzene rings is 1. The molecule has 6 rings (SSSR count). The predicted molar refractivity (Wildman–Crippen MR) is 117 cm³/mol. The van der Waals surface area contributed by atoms with Crippen LogP contribution in [0.3, 0.4) is 0 Å². The number of hydrogen-bond acceptors (Lipinski definition) is 4. The smallest absolute Gasteiger partial charge is 0.243 e. The van der Waals surface area contributed by atoms with E-state index >= 15 is 0 Å². The first-order chi connectivity index (χ1) is 15.2. The lowest BCUT2D eigenvalue weighted by atomic mass is 9.85. The van der Waals surface area contributed by atoms with Gasteiger partial charge in [0, 0.05) is 43.3 Å². The molecule has 3 aromatic rings. The molecule has 6 nitrogen and oxygen atoms in total. The van der Waals surface area contributed by atoms with Gasteiger partial charge in [-0.1, -0.05) is 24.3 Å². The Hall–Kier alpha value is -2.99. The van der Waals surface area contributed by atoms with Gasteiger partial charge < -0.3 is 4.90 Å². The van der Waals surface area contributed by atoms with E-state index in [0.29, 0.717) is 17.8 Å². The molecule has 1 spiro atoms. The van der Waals surface area contributed by atoms with E-state index in [1.165, 1.54) is 16.8 Å². The number of likely N-dealkylation sites (tertiary alicyclic amines) is 1. The van der Waals surface area contributed by atoms with Crippen LogP contribution < -0.4 is 0 Å². The van der Waals surface area contributed by atoms with E-state index in [4.69, 9.17) is 0 Å². The SMILES string of the molecule is Cc1ccccc1CN1C[C@@H]2C[C@@H](c3cccn3-c3ncccn3)N3CCC[C@@]23C1=O. The Kier molecular flexibility index (Phi) is 4.25. The molecule has 1 amide bonds. The first kappa shape index (κ1) is 18.8. The van der Waals surface area contributed by atoms with E-state index in [2.05, 4.69) is 67.7 Å². The van der Waals surface area contributed by atoms with Crippen molar-refractivity contribution in [2.24, 2.45) is 5.92 Å². The van der Waals surface area contributed by atoms with Gasteiger partial charge in [0.25, 0.3) is 0 Å². The van der Waals surface area contributed by atoms with Gasteiger partial charge >= 0.3 is 0 Å². The summed E-state index contributed by atoms with van der Waals surface area (Å²) in [5.41, 5.74) is 3.37. The van der Waals surface area contributed by atoms with Crippen molar-refractivity contribution in [2.45, 2.75) is 44.3 Å². The Labute approximate surface area is 182 Å². The van der Waals surface area contributed by atoms with Crippen LogP contribution in [0.25, 0.3) is 5.95 Å². The van der Waals surface area contributed by atoms with Crippen molar-refractivity contribution in [3.05, 3.63) is 77.9 Å². The zero-order chi connectivity index (χ0) is 21.0. The van der Waals surface area contributed by atoms with E-state index < -0.39 is 0 Å². The predicted octanol–water partition coefficient (Wildman–Crippen LogP) is 3.51. The number of amides is 1. The molecule has 158 valence electrons. The third kappa shape index (κ3) is 2.71. The quantitative estimate of drug-likeness (QED) is 0.657. The number of aromatic nitrogens is 3. The fourth-order valence-corrected chi connectivity index (χ4v) is 6.25. The molecule has 3 fully saturated rings. The second kappa shape index (κ2) is 7.02. The average molecular weight is 414 g/mol. The highest BCUT2D eigenvalue weighted by molar-refractivity contribution is 5.90. The summed E-state index contributed by atoms with van der Waals surface area (Å²) in [6.07, 6.45) is 8.65. The van der Waals surface area contributed by atoms with Gasteiger partial charge in [-0.2, -0.15) is 0 Å². The molecule has 2 aromatic heterocycles. The van der Waals surface area contributed by atoms with E-state index in [1.54, 1.807) is 12.4 Å². The Balaban J connectivity index is 1.31. The van der Waals surface area contributed by atoms with Gasteiger partial charge in [-0.05, 0) is 62.1 Å². The monoisotopic (exact) mass is 413 g/mol. The molecule has 0 saturated carbocycles. The van der Waals surface area contributed by atoms with Crippen LogP contribution in [0.5, 0.6) is 0 Å². The highest BCUT2D eigenvalue weighted by Gasteiger charge is 2.65. The lowest BCUT2D eigenvalue weighted by Gasteiger charge is -2.34. The Morgan fingerprint density at radius 3 is 2.77 bits per heavy atom. The van der Waals surface area contributed by atoms with Crippen molar-refractivity contribution in [2.75, 3.05) is 13.1 Å². The zero-order valence-electron chi connectivity index (χ0n) is 17.8. The molecule has 0 radical (unpaired) electrons. The summed E-state index contributed by atoms with van der Waals surface area (Å²) in [6.45, 7) is 4.68. The minimum atomic E-state index is -0.333. The Morgan fingerprint density at radius 2 is 1.94 bits per heavy atom. The molecular weight excluding hydrogens is 386 g/mol. The van der Waals surface area contributed by atoms with Crippen molar-refractivity contribution in [3.8, 4) is 5.95 Å². The number of carbonyl (C=O) groups is 1. The highest BCUT2D eigenvalue weighted by atomic mass is 16.2. The maximum Gasteiger partial charge on any atom is 0.243 e. The molecule has 1 aromatic carbocycles. The van der Waals surface area contributed by atoms with Crippen molar-refractivity contribution in [1.29, 1.82) is 0 Å². The maximum atomic E-state index is 13.8. The van der Waals surface area contributed by atoms with Gasteiger partial charge in [0.05, 0.1) is 6.04 Å². The molecular formula is C25H27N5O. The van der Waals surface area contributed by atoms with Crippen LogP contribution >= 0.6 is 0 Å². The van der Waals surface area contributed by atoms with E-state index in [1.807, 2.05) is 12.3 Å². The third-order valence-corrected chi connectivity index (χ3v) is 7.64. The summed E-state index contributed by atoms with van der Waals surface area (Å²) in [7, 11) is 0. The largest absolute Gasteiger partial charge is 0.336 e. The second-order valence-electron chi connectivity index (χ2n) is 9.13. The third-order valence-electron chi connectivity index (χ3n) is 7.64. The summed E-state index contributed by atoms with van der Waals surface area (Å²) in [5.74, 6) is 1.40. The van der Waals surface area contributed by atoms with Gasteiger partial charge in [-0.15, -0.1) is 0 Å². The van der Waals surface area contributed by atoms with Gasteiger partial charge in [0.2, 0.25) is 11.9 Å². The van der Waals surface area contributed by atoms with Crippen molar-refractivity contribution in [3.63, 3.8) is 0 Å². The van der Waals surface area contributed by atoms with Crippen LogP contribution in [0.2, 0.25) is 0 Å². The fourth-order valence-electron chi connectivity index (χ4n) is 6.25. The fraction of sp³-hybridized carbons (Fsp3) is 0.400. The number of carbonyl (C=O) groups excluding carboxylic acids is 1. The molecule has 3 aliphatic heterocycles. The number of aryl methyl sites for hydroxylation is 1. The molecule has 3 saturated heterocycles. The van der Waals surface area contributed by atoms with E-state index in [0.717, 1.165) is 38.9 Å². The highest BCUT2D eigenvalue weighted by Crippen LogP contribution is 2.56. The first-order valence-electron chi connectivity index (χ1n) is 11.2. The van der Waals surface area contributed by atoms with E-state index in [9.17, 15) is 4.79 Å². The average Bonchev–Trinajstić information content (AvgIpc) is 3.54. The van der Waals surface area contributed by atoms with Crippen LogP contribution in [-0.2, 0) is 11.3 Å². The van der Waals surface area contributed by atoms with Gasteiger partial charge in [-0.25, -0.2) is 9.97 Å². The molecule has 6 heteroatoms. The number of nitrogens with zero attached hydrogens (tertiary/aromatic N) is 5. The summed E-state index contributed by atoms with van der Waals surface area (Å²) < 4.78 is 2.09. The summed E-state index contributed by atoms with van der Waals surface area (Å²) in [5, 5.41) is 0. The number of hydrogen-bond donors (Lipinski definition) is 0. The minimum absolute atomic E-state index is 0.232. The number of rotatable bonds is 4. The van der Waals surface area contributed by atoms with Crippen molar-refractivity contribution < 1.29 is 4.79 Å². The van der Waals surface area contributed by atoms with Crippen molar-refractivity contribution in [1.82, 2.24) is 24.3 Å². The topological polar surface area (TPSA) is 54.3 Å². The summed E-state index contributed by atoms with van der Waals surface area (Å²) >= 11 is 0. The van der Waals surface area contributed by atoms with Gasteiger partial charge in [-0.3, -0.25) is 14.3 Å². The van der Waals surface area contributed by atoms with Crippen molar-refractivity contribution >= 4 is 5.91 Å². The molecule has 0 bridgehead atoms. The lowest BCUT2D eigenvalue weighted by molar-refractivity contribution is -0.137. The van der Waals surface area contributed by atoms with Gasteiger partial charge in [0.1, 0.15) is 5.54 Å². The van der Waals surface area contributed by atoms with Crippen LogP contribution in [0.4, 0.5) is 0 Å². The minimum Gasteiger partial charge on any atom is -0.336 e. The summed E-state index contributed by atoms with van der Waals surface area (Å²) in [6, 6.07) is 14.7. The molecule has 3 atom stereocenters. The maximum absolute atomic E-state index is 13.8. The van der Waals surface area contributed by atoms with E-state index in [-0.39, 0.29) is 11.6 Å². The standard InChI is InChI=1S/C25H27N5O/c1-18-7-2-3-8-19(18)16-28-17-20-15-22(30-14-5-10-25(20,30)23(28)31)21-9-4-13-29(21)24-26-11-6-12-27-24/h2-4,6-9,11-13,20,22H,5,10,14-17H2,1H3/t20-,22-,25-/m0/s1. The molecule has 5 heterocycles. The Morgan fingerprint density at radius 1 is 1.10 bits per heavy atom. The molecule has 0 aliphatic carbocycles. The lowest BCUT2D eigenvalue weighted by Crippen LogP contribution is -2.49. The van der Waals surface area contributed by atoms with Crippen LogP contribution in [0.15, 0.2) is 61.1 Å². The second-order valence-corrected chi connectivity index (χ2v) is 9.13. The molecule has 31 heavy (non-hydrogen) atoms. The van der Waals surface area contributed by atoms with Crippen LogP contribution in [-0.4, -0.2) is 48.9 Å². The first-order valence-corrected chi connectivity index (χ1v) is 11.2. The van der Waals surface area contributed by atoms with Crippen LogP contribution in [0.1, 0.15) is 42.1 Å². The Bertz CT molecular complexity index is 1130.